The van der Waals surface area contributed by atoms with Crippen molar-refractivity contribution >= 4 is 27.1 Å². The molecule has 0 aliphatic carbocycles. The molecule has 0 radical (unpaired) electrons. The normalized spacial score (nSPS) is 11.0. The van der Waals surface area contributed by atoms with Crippen molar-refractivity contribution in [1.29, 1.82) is 0 Å². The van der Waals surface area contributed by atoms with Crippen molar-refractivity contribution in [3.8, 4) is 5.75 Å². The van der Waals surface area contributed by atoms with Crippen LogP contribution in [0, 0.1) is 0 Å². The lowest BCUT2D eigenvalue weighted by Crippen LogP contribution is -1.99. The van der Waals surface area contributed by atoms with Gasteiger partial charge in [0.15, 0.2) is 0 Å². The van der Waals surface area contributed by atoms with Crippen molar-refractivity contribution in [2.45, 2.75) is 4.90 Å². The molecule has 5 nitrogen and oxygen atoms in total. The van der Waals surface area contributed by atoms with Crippen LogP contribution in [0.4, 0.5) is 4.79 Å². The van der Waals surface area contributed by atoms with Gasteiger partial charge >= 0.3 is 5.43 Å². The van der Waals surface area contributed by atoms with Gasteiger partial charge in [0.2, 0.25) is 0 Å². The second-order valence-corrected chi connectivity index (χ2v) is 4.02. The molecular weight excluding hydrogens is 232 g/mol. The molecule has 14 heavy (non-hydrogen) atoms. The minimum atomic E-state index is -4.22. The van der Waals surface area contributed by atoms with E-state index in [0.29, 0.717) is 0 Å². The van der Waals surface area contributed by atoms with Crippen LogP contribution in [0.15, 0.2) is 29.2 Å². The Morgan fingerprint density at radius 1 is 1.29 bits per heavy atom. The number of halogens is 1. The van der Waals surface area contributed by atoms with E-state index in [1.54, 1.807) is 0 Å². The molecule has 0 aliphatic rings. The maximum atomic E-state index is 10.6. The van der Waals surface area contributed by atoms with Gasteiger partial charge in [-0.15, -0.1) is 0 Å². The zero-order valence-electron chi connectivity index (χ0n) is 6.68. The largest absolute Gasteiger partial charge is 0.415 e. The van der Waals surface area contributed by atoms with Crippen LogP contribution in [0.5, 0.6) is 5.75 Å². The van der Waals surface area contributed by atoms with Gasteiger partial charge in [-0.2, -0.15) is 8.42 Å². The summed E-state index contributed by atoms with van der Waals surface area (Å²) in [6.07, 6.45) is 0. The Balaban J connectivity index is 2.95. The fraction of sp³-hybridized carbons (Fsp3) is 0. The molecule has 0 aliphatic heterocycles. The molecule has 0 unspecified atom stereocenters. The van der Waals surface area contributed by atoms with E-state index < -0.39 is 15.5 Å². The van der Waals surface area contributed by atoms with Gasteiger partial charge in [-0.25, -0.2) is 4.79 Å². The zero-order valence-corrected chi connectivity index (χ0v) is 8.25. The van der Waals surface area contributed by atoms with Gasteiger partial charge < -0.3 is 4.74 Å². The molecule has 0 aromatic heterocycles. The van der Waals surface area contributed by atoms with Crippen molar-refractivity contribution < 1.29 is 22.5 Å². The van der Waals surface area contributed by atoms with Gasteiger partial charge in [0.1, 0.15) is 5.75 Å². The summed E-state index contributed by atoms with van der Waals surface area (Å²) in [5, 5.41) is 0. The SMILES string of the molecule is O=C(Cl)Oc1ccc(S(=O)(=O)O)cc1. The Hall–Kier alpha value is -1.11. The Morgan fingerprint density at radius 2 is 1.79 bits per heavy atom. The lowest BCUT2D eigenvalue weighted by Gasteiger charge is -2.00. The summed E-state index contributed by atoms with van der Waals surface area (Å²) in [6, 6.07) is 4.57. The van der Waals surface area contributed by atoms with Crippen molar-refractivity contribution in [2.75, 3.05) is 0 Å². The van der Waals surface area contributed by atoms with Crippen molar-refractivity contribution in [2.24, 2.45) is 0 Å². The predicted octanol–water partition coefficient (Wildman–Crippen LogP) is 1.67. The van der Waals surface area contributed by atoms with Gasteiger partial charge in [-0.05, 0) is 24.3 Å². The lowest BCUT2D eigenvalue weighted by atomic mass is 10.3. The van der Waals surface area contributed by atoms with Gasteiger partial charge in [0.25, 0.3) is 10.1 Å². The number of rotatable bonds is 2. The first-order valence-corrected chi connectivity index (χ1v) is 5.16. The zero-order chi connectivity index (χ0) is 10.8. The summed E-state index contributed by atoms with van der Waals surface area (Å²) in [6.45, 7) is 0. The molecule has 1 aromatic rings. The van der Waals surface area contributed by atoms with Crippen LogP contribution >= 0.6 is 11.6 Å². The predicted molar refractivity (Wildman–Crippen MR) is 48.1 cm³/mol. The highest BCUT2D eigenvalue weighted by molar-refractivity contribution is 7.85. The number of ether oxygens (including phenoxy) is 1. The third-order valence-corrected chi connectivity index (χ3v) is 2.26. The topological polar surface area (TPSA) is 80.7 Å². The Bertz CT molecular complexity index is 436. The third-order valence-electron chi connectivity index (χ3n) is 1.32. The monoisotopic (exact) mass is 236 g/mol. The van der Waals surface area contributed by atoms with Gasteiger partial charge in [-0.3, -0.25) is 4.55 Å². The Kier molecular flexibility index (Phi) is 3.10. The van der Waals surface area contributed by atoms with Crippen molar-refractivity contribution in [3.63, 3.8) is 0 Å². The molecule has 0 heterocycles. The molecule has 76 valence electrons. The molecule has 0 fully saturated rings. The Labute approximate surface area is 85.0 Å². The molecule has 0 spiro atoms. The van der Waals surface area contributed by atoms with Crippen LogP contribution in [0.25, 0.3) is 0 Å². The van der Waals surface area contributed by atoms with E-state index in [1.807, 2.05) is 0 Å². The molecule has 0 bridgehead atoms. The maximum Gasteiger partial charge on any atom is 0.409 e. The number of carbonyl (C=O) groups is 1. The summed E-state index contributed by atoms with van der Waals surface area (Å²) in [7, 11) is -4.22. The summed E-state index contributed by atoms with van der Waals surface area (Å²) < 4.78 is 34.2. The molecular formula is C7H5ClO5S. The number of benzene rings is 1. The molecule has 0 saturated carbocycles. The Morgan fingerprint density at radius 3 is 2.14 bits per heavy atom. The number of carbonyl (C=O) groups excluding carboxylic acids is 1. The molecule has 0 amide bonds. The first-order chi connectivity index (χ1) is 6.39. The van der Waals surface area contributed by atoms with Crippen LogP contribution in [0.3, 0.4) is 0 Å². The van der Waals surface area contributed by atoms with E-state index in [4.69, 9.17) is 16.2 Å². The summed E-state index contributed by atoms with van der Waals surface area (Å²) in [5.74, 6) is 0.0948. The average molecular weight is 237 g/mol. The van der Waals surface area contributed by atoms with E-state index in [2.05, 4.69) is 4.74 Å². The van der Waals surface area contributed by atoms with E-state index in [9.17, 15) is 13.2 Å². The van der Waals surface area contributed by atoms with E-state index >= 15 is 0 Å². The maximum absolute atomic E-state index is 10.6. The van der Waals surface area contributed by atoms with Crippen LogP contribution in [-0.2, 0) is 10.1 Å². The van der Waals surface area contributed by atoms with Gasteiger partial charge in [-0.1, -0.05) is 0 Å². The minimum Gasteiger partial charge on any atom is -0.415 e. The lowest BCUT2D eigenvalue weighted by molar-refractivity contribution is 0.225. The average Bonchev–Trinajstić information content (AvgIpc) is 2.02. The number of hydrogen-bond donors (Lipinski definition) is 1. The first-order valence-electron chi connectivity index (χ1n) is 3.34. The fourth-order valence-corrected chi connectivity index (χ4v) is 1.34. The molecule has 1 N–H and O–H groups in total. The highest BCUT2D eigenvalue weighted by Gasteiger charge is 2.09. The summed E-state index contributed by atoms with van der Waals surface area (Å²) in [5.41, 5.74) is -1.02. The second-order valence-electron chi connectivity index (χ2n) is 2.29. The highest BCUT2D eigenvalue weighted by atomic mass is 35.5. The highest BCUT2D eigenvalue weighted by Crippen LogP contribution is 2.16. The molecule has 1 rings (SSSR count). The van der Waals surface area contributed by atoms with Crippen LogP contribution in [0.2, 0.25) is 0 Å². The quantitative estimate of drug-likeness (QED) is 0.624. The summed E-state index contributed by atoms with van der Waals surface area (Å²) in [4.78, 5) is 9.99. The van der Waals surface area contributed by atoms with Gasteiger partial charge in [0, 0.05) is 11.6 Å². The standard InChI is InChI=1S/C7H5ClO5S/c8-7(9)13-5-1-3-6(4-2-5)14(10,11)12/h1-4H,(H,10,11,12). The fourth-order valence-electron chi connectivity index (χ4n) is 0.772. The van der Waals surface area contributed by atoms with E-state index in [-0.39, 0.29) is 10.6 Å². The molecule has 7 heteroatoms. The van der Waals surface area contributed by atoms with Crippen LogP contribution in [-0.4, -0.2) is 18.4 Å². The van der Waals surface area contributed by atoms with Crippen molar-refractivity contribution in [1.82, 2.24) is 0 Å². The number of hydrogen-bond acceptors (Lipinski definition) is 4. The van der Waals surface area contributed by atoms with Crippen LogP contribution in [0.1, 0.15) is 0 Å². The van der Waals surface area contributed by atoms with E-state index in [1.165, 1.54) is 12.1 Å². The first kappa shape index (κ1) is 11.0. The van der Waals surface area contributed by atoms with Crippen LogP contribution < -0.4 is 4.74 Å². The van der Waals surface area contributed by atoms with Crippen molar-refractivity contribution in [3.05, 3.63) is 24.3 Å². The molecule has 0 saturated heterocycles. The third kappa shape index (κ3) is 2.99. The van der Waals surface area contributed by atoms with E-state index in [0.717, 1.165) is 12.1 Å². The van der Waals surface area contributed by atoms with Gasteiger partial charge in [0.05, 0.1) is 4.90 Å². The smallest absolute Gasteiger partial charge is 0.409 e. The molecule has 0 atom stereocenters. The second kappa shape index (κ2) is 3.95. The minimum absolute atomic E-state index is 0.0948. The summed E-state index contributed by atoms with van der Waals surface area (Å²) >= 11 is 4.91. The molecule has 1 aromatic carbocycles.